The van der Waals surface area contributed by atoms with Gasteiger partial charge >= 0.3 is 0 Å². The summed E-state index contributed by atoms with van der Waals surface area (Å²) in [7, 11) is 0. The van der Waals surface area contributed by atoms with Crippen molar-refractivity contribution in [2.75, 3.05) is 12.3 Å². The van der Waals surface area contributed by atoms with Gasteiger partial charge in [0.1, 0.15) is 0 Å². The second kappa shape index (κ2) is 8.47. The number of rotatable bonds is 7. The van der Waals surface area contributed by atoms with E-state index in [4.69, 9.17) is 11.6 Å². The normalized spacial score (nSPS) is 12.3. The van der Waals surface area contributed by atoms with Crippen molar-refractivity contribution in [3.63, 3.8) is 0 Å². The van der Waals surface area contributed by atoms with Crippen LogP contribution < -0.4 is 5.32 Å². The maximum atomic E-state index is 6.07. The summed E-state index contributed by atoms with van der Waals surface area (Å²) in [4.78, 5) is 1.37. The van der Waals surface area contributed by atoms with Gasteiger partial charge in [0, 0.05) is 21.7 Å². The van der Waals surface area contributed by atoms with Crippen molar-refractivity contribution in [1.29, 1.82) is 0 Å². The van der Waals surface area contributed by atoms with Gasteiger partial charge in [0.25, 0.3) is 0 Å². The van der Waals surface area contributed by atoms with Crippen LogP contribution in [0.15, 0.2) is 53.4 Å². The van der Waals surface area contributed by atoms with E-state index in [1.165, 1.54) is 16.0 Å². The van der Waals surface area contributed by atoms with E-state index < -0.39 is 0 Å². The molecule has 1 unspecified atom stereocenters. The monoisotopic (exact) mass is 319 g/mol. The van der Waals surface area contributed by atoms with E-state index in [1.54, 1.807) is 0 Å². The Hall–Kier alpha value is -0.960. The molecule has 0 heterocycles. The molecule has 0 bridgehead atoms. The first-order valence-corrected chi connectivity index (χ1v) is 8.71. The predicted octanol–water partition coefficient (Wildman–Crippen LogP) is 4.96. The molecule has 3 heteroatoms. The Bertz CT molecular complexity index is 571. The lowest BCUT2D eigenvalue weighted by molar-refractivity contribution is 0.572. The third-order valence-corrected chi connectivity index (χ3v) is 4.97. The van der Waals surface area contributed by atoms with E-state index in [0.29, 0.717) is 6.04 Å². The maximum Gasteiger partial charge on any atom is 0.0408 e. The van der Waals surface area contributed by atoms with E-state index >= 15 is 0 Å². The Labute approximate surface area is 137 Å². The molecule has 1 N–H and O–H groups in total. The average Bonchev–Trinajstić information content (AvgIpc) is 2.46. The van der Waals surface area contributed by atoms with Gasteiger partial charge in [-0.2, -0.15) is 0 Å². The zero-order chi connectivity index (χ0) is 15.1. The molecule has 0 aliphatic rings. The van der Waals surface area contributed by atoms with Crippen LogP contribution in [0.2, 0.25) is 5.02 Å². The number of nitrogens with one attached hydrogen (secondary N) is 1. The third-order valence-electron chi connectivity index (χ3n) is 3.40. The Morgan fingerprint density at radius 2 is 1.95 bits per heavy atom. The van der Waals surface area contributed by atoms with E-state index in [0.717, 1.165) is 23.7 Å². The first kappa shape index (κ1) is 16.4. The molecule has 2 aromatic carbocycles. The van der Waals surface area contributed by atoms with Crippen molar-refractivity contribution in [3.8, 4) is 0 Å². The van der Waals surface area contributed by atoms with Crippen molar-refractivity contribution < 1.29 is 0 Å². The number of hydrogen-bond donors (Lipinski definition) is 1. The molecule has 1 atom stereocenters. The second-order valence-corrected chi connectivity index (χ2v) is 6.66. The minimum Gasteiger partial charge on any atom is -0.313 e. The SMILES string of the molecule is CCNC(CSc1ccccc1C)Cc1cccc(Cl)c1. The highest BCUT2D eigenvalue weighted by Crippen LogP contribution is 2.23. The summed E-state index contributed by atoms with van der Waals surface area (Å²) in [6.45, 7) is 5.31. The number of thioether (sulfide) groups is 1. The summed E-state index contributed by atoms with van der Waals surface area (Å²) < 4.78 is 0. The lowest BCUT2D eigenvalue weighted by Crippen LogP contribution is -2.33. The minimum atomic E-state index is 0.457. The van der Waals surface area contributed by atoms with Crippen LogP contribution in [0.5, 0.6) is 0 Å². The molecule has 0 aliphatic heterocycles. The van der Waals surface area contributed by atoms with Gasteiger partial charge < -0.3 is 5.32 Å². The molecule has 112 valence electrons. The third kappa shape index (κ3) is 5.39. The quantitative estimate of drug-likeness (QED) is 0.724. The van der Waals surface area contributed by atoms with E-state index in [9.17, 15) is 0 Å². The standard InChI is InChI=1S/C18H22ClNS/c1-3-20-17(12-15-8-6-9-16(19)11-15)13-21-18-10-5-4-7-14(18)2/h4-11,17,20H,3,12-13H2,1-2H3. The van der Waals surface area contributed by atoms with Gasteiger partial charge in [-0.05, 0) is 49.2 Å². The smallest absolute Gasteiger partial charge is 0.0408 e. The number of aryl methyl sites for hydroxylation is 1. The van der Waals surface area contributed by atoms with Gasteiger partial charge in [-0.1, -0.05) is 48.9 Å². The second-order valence-electron chi connectivity index (χ2n) is 5.17. The summed E-state index contributed by atoms with van der Waals surface area (Å²) in [6.07, 6.45) is 1.01. The van der Waals surface area contributed by atoms with Gasteiger partial charge in [0.05, 0.1) is 0 Å². The van der Waals surface area contributed by atoms with Crippen LogP contribution in [0.25, 0.3) is 0 Å². The Balaban J connectivity index is 1.97. The number of hydrogen-bond acceptors (Lipinski definition) is 2. The molecule has 1 nitrogen and oxygen atoms in total. The fraction of sp³-hybridized carbons (Fsp3) is 0.333. The van der Waals surface area contributed by atoms with Crippen molar-refractivity contribution in [2.24, 2.45) is 0 Å². The fourth-order valence-electron chi connectivity index (χ4n) is 2.34. The topological polar surface area (TPSA) is 12.0 Å². The van der Waals surface area contributed by atoms with E-state index in [1.807, 2.05) is 23.9 Å². The van der Waals surface area contributed by atoms with Crippen LogP contribution >= 0.6 is 23.4 Å². The highest BCUT2D eigenvalue weighted by molar-refractivity contribution is 7.99. The molecule has 0 radical (unpaired) electrons. The Morgan fingerprint density at radius 3 is 2.67 bits per heavy atom. The first-order valence-electron chi connectivity index (χ1n) is 7.35. The summed E-state index contributed by atoms with van der Waals surface area (Å²) in [5.74, 6) is 1.06. The molecule has 0 aromatic heterocycles. The van der Waals surface area contributed by atoms with Crippen molar-refractivity contribution >= 4 is 23.4 Å². The van der Waals surface area contributed by atoms with Gasteiger partial charge in [-0.15, -0.1) is 11.8 Å². The van der Waals surface area contributed by atoms with Crippen LogP contribution in [-0.2, 0) is 6.42 Å². The maximum absolute atomic E-state index is 6.07. The van der Waals surface area contributed by atoms with Crippen LogP contribution in [0.4, 0.5) is 0 Å². The van der Waals surface area contributed by atoms with E-state index in [-0.39, 0.29) is 0 Å². The lowest BCUT2D eigenvalue weighted by Gasteiger charge is -2.18. The average molecular weight is 320 g/mol. The van der Waals surface area contributed by atoms with E-state index in [2.05, 4.69) is 55.6 Å². The summed E-state index contributed by atoms with van der Waals surface area (Å²) in [6, 6.07) is 17.2. The van der Waals surface area contributed by atoms with Crippen LogP contribution in [0.1, 0.15) is 18.1 Å². The molecule has 2 aromatic rings. The molecular formula is C18H22ClNS. The molecule has 0 spiro atoms. The highest BCUT2D eigenvalue weighted by atomic mass is 35.5. The Kier molecular flexibility index (Phi) is 6.62. The highest BCUT2D eigenvalue weighted by Gasteiger charge is 2.10. The van der Waals surface area contributed by atoms with Gasteiger partial charge in [0.2, 0.25) is 0 Å². The number of likely N-dealkylation sites (N-methyl/N-ethyl adjacent to an activating group) is 1. The molecule has 0 aliphatic carbocycles. The van der Waals surface area contributed by atoms with Crippen molar-refractivity contribution in [1.82, 2.24) is 5.32 Å². The van der Waals surface area contributed by atoms with Gasteiger partial charge in [-0.3, -0.25) is 0 Å². The summed E-state index contributed by atoms with van der Waals surface area (Å²) >= 11 is 8.00. The van der Waals surface area contributed by atoms with Gasteiger partial charge in [-0.25, -0.2) is 0 Å². The molecule has 0 saturated heterocycles. The molecular weight excluding hydrogens is 298 g/mol. The number of benzene rings is 2. The van der Waals surface area contributed by atoms with Gasteiger partial charge in [0.15, 0.2) is 0 Å². The molecule has 21 heavy (non-hydrogen) atoms. The summed E-state index contributed by atoms with van der Waals surface area (Å²) in [5.41, 5.74) is 2.64. The van der Waals surface area contributed by atoms with Crippen LogP contribution in [0.3, 0.4) is 0 Å². The molecule has 0 amide bonds. The molecule has 0 saturated carbocycles. The lowest BCUT2D eigenvalue weighted by atomic mass is 10.1. The summed E-state index contributed by atoms with van der Waals surface area (Å²) in [5, 5.41) is 4.39. The fourth-order valence-corrected chi connectivity index (χ4v) is 3.64. The van der Waals surface area contributed by atoms with Crippen molar-refractivity contribution in [3.05, 3.63) is 64.7 Å². The van der Waals surface area contributed by atoms with Crippen molar-refractivity contribution in [2.45, 2.75) is 31.2 Å². The zero-order valence-electron chi connectivity index (χ0n) is 12.6. The first-order chi connectivity index (χ1) is 10.2. The Morgan fingerprint density at radius 1 is 1.14 bits per heavy atom. The zero-order valence-corrected chi connectivity index (χ0v) is 14.2. The van der Waals surface area contributed by atoms with Crippen LogP contribution in [0, 0.1) is 6.92 Å². The molecule has 0 fully saturated rings. The van der Waals surface area contributed by atoms with Crippen LogP contribution in [-0.4, -0.2) is 18.3 Å². The number of halogens is 1. The molecule has 2 rings (SSSR count). The minimum absolute atomic E-state index is 0.457. The largest absolute Gasteiger partial charge is 0.313 e. The predicted molar refractivity (Wildman–Crippen MR) is 94.5 cm³/mol.